The van der Waals surface area contributed by atoms with E-state index in [2.05, 4.69) is 4.72 Å². The molecule has 6 nitrogen and oxygen atoms in total. The first-order valence-corrected chi connectivity index (χ1v) is 7.38. The van der Waals surface area contributed by atoms with E-state index in [1.54, 1.807) is 6.92 Å². The fourth-order valence-electron chi connectivity index (χ4n) is 1.56. The van der Waals surface area contributed by atoms with Gasteiger partial charge in [0.15, 0.2) is 11.6 Å². The zero-order valence-corrected chi connectivity index (χ0v) is 12.2. The third-order valence-electron chi connectivity index (χ3n) is 2.60. The summed E-state index contributed by atoms with van der Waals surface area (Å²) in [5, 5.41) is 8.76. The van der Waals surface area contributed by atoms with E-state index in [0.29, 0.717) is 12.1 Å². The number of aromatic carboxylic acids is 1. The molecule has 118 valence electrons. The van der Waals surface area contributed by atoms with Gasteiger partial charge in [-0.2, -0.15) is 0 Å². The highest BCUT2D eigenvalue weighted by molar-refractivity contribution is 7.89. The molecule has 21 heavy (non-hydrogen) atoms. The van der Waals surface area contributed by atoms with E-state index in [1.807, 2.05) is 0 Å². The number of benzene rings is 1. The first-order valence-electron chi connectivity index (χ1n) is 5.90. The van der Waals surface area contributed by atoms with Crippen LogP contribution in [-0.4, -0.2) is 39.8 Å². The van der Waals surface area contributed by atoms with Crippen molar-refractivity contribution in [3.8, 4) is 0 Å². The quantitative estimate of drug-likeness (QED) is 0.787. The van der Waals surface area contributed by atoms with Crippen LogP contribution in [0.4, 0.5) is 8.78 Å². The van der Waals surface area contributed by atoms with E-state index in [1.165, 1.54) is 7.11 Å². The normalized spacial score (nSPS) is 13.1. The summed E-state index contributed by atoms with van der Waals surface area (Å²) in [7, 11) is -2.93. The molecule has 1 unspecified atom stereocenters. The van der Waals surface area contributed by atoms with E-state index in [0.717, 1.165) is 0 Å². The van der Waals surface area contributed by atoms with Crippen LogP contribution in [0.5, 0.6) is 0 Å². The van der Waals surface area contributed by atoms with Crippen LogP contribution >= 0.6 is 0 Å². The molecule has 1 aromatic rings. The molecule has 0 spiro atoms. The Morgan fingerprint density at radius 3 is 2.57 bits per heavy atom. The van der Waals surface area contributed by atoms with Crippen molar-refractivity contribution in [2.75, 3.05) is 20.3 Å². The average molecular weight is 323 g/mol. The van der Waals surface area contributed by atoms with Crippen LogP contribution < -0.4 is 4.72 Å². The van der Waals surface area contributed by atoms with Crippen molar-refractivity contribution in [1.29, 1.82) is 0 Å². The first kappa shape index (κ1) is 17.5. The Kier molecular flexibility index (Phi) is 5.76. The molecule has 1 rings (SSSR count). The smallest absolute Gasteiger partial charge is 0.335 e. The minimum absolute atomic E-state index is 0.0610. The minimum atomic E-state index is -4.37. The van der Waals surface area contributed by atoms with Crippen molar-refractivity contribution in [3.63, 3.8) is 0 Å². The van der Waals surface area contributed by atoms with Gasteiger partial charge < -0.3 is 9.84 Å². The zero-order chi connectivity index (χ0) is 16.2. The van der Waals surface area contributed by atoms with Crippen molar-refractivity contribution in [2.24, 2.45) is 5.92 Å². The van der Waals surface area contributed by atoms with Gasteiger partial charge in [0.05, 0.1) is 5.56 Å². The third-order valence-corrected chi connectivity index (χ3v) is 4.03. The van der Waals surface area contributed by atoms with Crippen molar-refractivity contribution in [2.45, 2.75) is 11.8 Å². The summed E-state index contributed by atoms with van der Waals surface area (Å²) in [4.78, 5) is 9.74. The Labute approximate surface area is 120 Å². The molecule has 0 radical (unpaired) electrons. The van der Waals surface area contributed by atoms with Crippen LogP contribution in [0.15, 0.2) is 17.0 Å². The SMILES string of the molecule is COCC(C)CNS(=O)(=O)c1cc(C(=O)O)cc(F)c1F. The lowest BCUT2D eigenvalue weighted by atomic mass is 10.2. The molecule has 9 heteroatoms. The number of carboxylic acid groups (broad SMARTS) is 1. The van der Waals surface area contributed by atoms with Crippen molar-refractivity contribution >= 4 is 16.0 Å². The minimum Gasteiger partial charge on any atom is -0.478 e. The number of hydrogen-bond acceptors (Lipinski definition) is 4. The fourth-order valence-corrected chi connectivity index (χ4v) is 2.83. The molecule has 0 fully saturated rings. The van der Waals surface area contributed by atoms with Gasteiger partial charge in [0.25, 0.3) is 0 Å². The van der Waals surface area contributed by atoms with E-state index in [4.69, 9.17) is 9.84 Å². The number of rotatable bonds is 7. The highest BCUT2D eigenvalue weighted by atomic mass is 32.2. The summed E-state index contributed by atoms with van der Waals surface area (Å²) < 4.78 is 57.7. The molecule has 1 atom stereocenters. The largest absolute Gasteiger partial charge is 0.478 e. The van der Waals surface area contributed by atoms with E-state index in [-0.39, 0.29) is 19.1 Å². The molecular formula is C12H15F2NO5S. The predicted octanol–water partition coefficient (Wildman–Crippen LogP) is 1.22. The summed E-state index contributed by atoms with van der Waals surface area (Å²) in [5.41, 5.74) is -0.654. The predicted molar refractivity (Wildman–Crippen MR) is 69.5 cm³/mol. The summed E-state index contributed by atoms with van der Waals surface area (Å²) in [6, 6.07) is 0.994. The van der Waals surface area contributed by atoms with Crippen LogP contribution in [0.3, 0.4) is 0 Å². The molecule has 0 aliphatic heterocycles. The fraction of sp³-hybridized carbons (Fsp3) is 0.417. The van der Waals surface area contributed by atoms with Gasteiger partial charge in [-0.05, 0) is 18.1 Å². The standard InChI is InChI=1S/C12H15F2NO5S/c1-7(6-20-2)5-15-21(18,19)10-4-8(12(16)17)3-9(13)11(10)14/h3-4,7,15H,5-6H2,1-2H3,(H,16,17). The van der Waals surface area contributed by atoms with Crippen LogP contribution in [-0.2, 0) is 14.8 Å². The van der Waals surface area contributed by atoms with Gasteiger partial charge >= 0.3 is 5.97 Å². The maximum atomic E-state index is 13.6. The number of nitrogens with one attached hydrogen (secondary N) is 1. The van der Waals surface area contributed by atoms with Crippen LogP contribution in [0, 0.1) is 17.6 Å². The van der Waals surface area contributed by atoms with E-state index < -0.39 is 38.1 Å². The van der Waals surface area contributed by atoms with Crippen molar-refractivity contribution < 1.29 is 31.8 Å². The van der Waals surface area contributed by atoms with Crippen molar-refractivity contribution in [3.05, 3.63) is 29.3 Å². The summed E-state index contributed by atoms with van der Waals surface area (Å²) in [6.45, 7) is 1.90. The van der Waals surface area contributed by atoms with Crippen LogP contribution in [0.25, 0.3) is 0 Å². The number of sulfonamides is 1. The molecule has 0 aromatic heterocycles. The maximum absolute atomic E-state index is 13.6. The van der Waals surface area contributed by atoms with Gasteiger partial charge in [-0.1, -0.05) is 6.92 Å². The number of hydrogen-bond donors (Lipinski definition) is 2. The molecule has 0 saturated heterocycles. The van der Waals surface area contributed by atoms with E-state index >= 15 is 0 Å². The average Bonchev–Trinajstić information content (AvgIpc) is 2.39. The Bertz CT molecular complexity index is 633. The molecule has 0 bridgehead atoms. The molecule has 0 aliphatic rings. The van der Waals surface area contributed by atoms with Gasteiger partial charge in [0.1, 0.15) is 4.90 Å². The van der Waals surface area contributed by atoms with Crippen LogP contribution in [0.2, 0.25) is 0 Å². The highest BCUT2D eigenvalue weighted by Gasteiger charge is 2.24. The van der Waals surface area contributed by atoms with E-state index in [9.17, 15) is 22.0 Å². The van der Waals surface area contributed by atoms with Gasteiger partial charge in [-0.3, -0.25) is 0 Å². The maximum Gasteiger partial charge on any atom is 0.335 e. The van der Waals surface area contributed by atoms with Gasteiger partial charge in [-0.15, -0.1) is 0 Å². The number of methoxy groups -OCH3 is 1. The first-order chi connectivity index (χ1) is 9.69. The summed E-state index contributed by atoms with van der Waals surface area (Å²) in [5.74, 6) is -4.91. The Balaban J connectivity index is 3.10. The molecule has 1 aromatic carbocycles. The lowest BCUT2D eigenvalue weighted by Crippen LogP contribution is -2.31. The molecule has 0 aliphatic carbocycles. The van der Waals surface area contributed by atoms with Gasteiger partial charge in [-0.25, -0.2) is 26.7 Å². The van der Waals surface area contributed by atoms with Crippen LogP contribution in [0.1, 0.15) is 17.3 Å². The Hall–Kier alpha value is -1.58. The Morgan fingerprint density at radius 2 is 2.05 bits per heavy atom. The number of carbonyl (C=O) groups is 1. The van der Waals surface area contributed by atoms with Gasteiger partial charge in [0, 0.05) is 20.3 Å². The zero-order valence-electron chi connectivity index (χ0n) is 11.4. The topological polar surface area (TPSA) is 92.7 Å². The second kappa shape index (κ2) is 6.92. The second-order valence-electron chi connectivity index (χ2n) is 4.49. The molecular weight excluding hydrogens is 308 g/mol. The number of ether oxygens (including phenoxy) is 1. The molecule has 0 saturated carbocycles. The molecule has 2 N–H and O–H groups in total. The lowest BCUT2D eigenvalue weighted by molar-refractivity contribution is 0.0696. The van der Waals surface area contributed by atoms with Crippen molar-refractivity contribution in [1.82, 2.24) is 4.72 Å². The number of carboxylic acids is 1. The highest BCUT2D eigenvalue weighted by Crippen LogP contribution is 2.20. The molecule has 0 amide bonds. The second-order valence-corrected chi connectivity index (χ2v) is 6.22. The molecule has 0 heterocycles. The summed E-state index contributed by atoms with van der Waals surface area (Å²) >= 11 is 0. The summed E-state index contributed by atoms with van der Waals surface area (Å²) in [6.07, 6.45) is 0. The lowest BCUT2D eigenvalue weighted by Gasteiger charge is -2.13. The third kappa shape index (κ3) is 4.45. The van der Waals surface area contributed by atoms with Gasteiger partial charge in [0.2, 0.25) is 10.0 Å². The Morgan fingerprint density at radius 1 is 1.43 bits per heavy atom. The number of halogens is 2. The monoisotopic (exact) mass is 323 g/mol.